The van der Waals surface area contributed by atoms with Gasteiger partial charge in [-0.2, -0.15) is 0 Å². The highest BCUT2D eigenvalue weighted by atomic mass is 32.2. The van der Waals surface area contributed by atoms with Gasteiger partial charge in [-0.25, -0.2) is 4.79 Å². The second kappa shape index (κ2) is 8.67. The molecule has 0 spiro atoms. The van der Waals surface area contributed by atoms with E-state index in [1.807, 2.05) is 30.3 Å². The van der Waals surface area contributed by atoms with Gasteiger partial charge in [-0.3, -0.25) is 9.36 Å². The smallest absolute Gasteiger partial charge is 0.329 e. The number of carbonyl (C=O) groups is 1. The molecule has 32 heavy (non-hydrogen) atoms. The average molecular weight is 442 g/mol. The molecule has 0 saturated heterocycles. The zero-order valence-corrected chi connectivity index (χ0v) is 18.6. The predicted molar refractivity (Wildman–Crippen MR) is 129 cm³/mol. The van der Waals surface area contributed by atoms with E-state index in [-0.39, 0.29) is 11.5 Å². The van der Waals surface area contributed by atoms with Crippen LogP contribution in [0, 0.1) is 0 Å². The lowest BCUT2D eigenvalue weighted by Gasteiger charge is -2.28. The third kappa shape index (κ3) is 3.63. The molecule has 0 fully saturated rings. The number of aromatic nitrogens is 1. The molecule has 0 amide bonds. The third-order valence-electron chi connectivity index (χ3n) is 6.03. The molecule has 0 unspecified atom stereocenters. The molecule has 160 valence electrons. The summed E-state index contributed by atoms with van der Waals surface area (Å²) in [6, 6.07) is 25.9. The van der Waals surface area contributed by atoms with Crippen LogP contribution in [0.1, 0.15) is 23.6 Å². The van der Waals surface area contributed by atoms with E-state index in [0.717, 1.165) is 27.5 Å². The molecule has 4 nitrogen and oxygen atoms in total. The number of hydrogen-bond acceptors (Lipinski definition) is 4. The van der Waals surface area contributed by atoms with E-state index in [2.05, 4.69) is 42.5 Å². The molecule has 1 aliphatic rings. The zero-order valence-electron chi connectivity index (χ0n) is 17.8. The van der Waals surface area contributed by atoms with Crippen LogP contribution in [0.5, 0.6) is 0 Å². The van der Waals surface area contributed by atoms with Gasteiger partial charge in [0.2, 0.25) is 0 Å². The number of benzene rings is 3. The molecule has 0 radical (unpaired) electrons. The van der Waals surface area contributed by atoms with Gasteiger partial charge < -0.3 is 4.74 Å². The summed E-state index contributed by atoms with van der Waals surface area (Å²) in [5, 5.41) is 3.22. The number of ether oxygens (including phenoxy) is 1. The number of hydrogen-bond donors (Lipinski definition) is 0. The Labute approximate surface area is 190 Å². The molecule has 0 N–H and O–H groups in total. The van der Waals surface area contributed by atoms with Crippen molar-refractivity contribution in [3.63, 3.8) is 0 Å². The van der Waals surface area contributed by atoms with E-state index in [1.54, 1.807) is 22.4 Å². The molecule has 0 bridgehead atoms. The van der Waals surface area contributed by atoms with Crippen LogP contribution in [0.2, 0.25) is 0 Å². The monoisotopic (exact) mass is 441 g/mol. The number of carbonyl (C=O) groups excluding carboxylic acids is 1. The van der Waals surface area contributed by atoms with Crippen molar-refractivity contribution in [3.8, 4) is 11.1 Å². The molecular formula is C27H23NO3S. The van der Waals surface area contributed by atoms with Gasteiger partial charge >= 0.3 is 5.97 Å². The first-order valence-electron chi connectivity index (χ1n) is 10.7. The predicted octanol–water partition coefficient (Wildman–Crippen LogP) is 5.47. The SMILES string of the molecule is COC(=O)[C@@H]1CCSc2c(-c3ccccc3)c(Cc3cccc4ccccc34)cc(=O)n21. The Morgan fingerprint density at radius 1 is 1.00 bits per heavy atom. The van der Waals surface area contributed by atoms with E-state index in [4.69, 9.17) is 4.74 Å². The van der Waals surface area contributed by atoms with Crippen molar-refractivity contribution in [2.45, 2.75) is 23.9 Å². The van der Waals surface area contributed by atoms with Gasteiger partial charge in [-0.1, -0.05) is 72.8 Å². The number of pyridine rings is 1. The standard InChI is InChI=1S/C27H23NO3S/c1-31-27(30)23-14-15-32-26-25(19-9-3-2-4-10-19)21(17-24(29)28(23)26)16-20-12-7-11-18-8-5-6-13-22(18)20/h2-13,17,23H,14-16H2,1H3/t23-/m0/s1. The second-order valence-electron chi connectivity index (χ2n) is 7.92. The summed E-state index contributed by atoms with van der Waals surface area (Å²) < 4.78 is 6.65. The van der Waals surface area contributed by atoms with Crippen LogP contribution in [0.15, 0.2) is 88.7 Å². The molecular weight excluding hydrogens is 418 g/mol. The van der Waals surface area contributed by atoms with E-state index >= 15 is 0 Å². The van der Waals surface area contributed by atoms with Gasteiger partial charge in [-0.15, -0.1) is 11.8 Å². The Morgan fingerprint density at radius 3 is 2.56 bits per heavy atom. The lowest BCUT2D eigenvalue weighted by Crippen LogP contribution is -2.35. The van der Waals surface area contributed by atoms with Gasteiger partial charge in [0.05, 0.1) is 12.1 Å². The van der Waals surface area contributed by atoms with Crippen LogP contribution < -0.4 is 5.56 Å². The number of fused-ring (bicyclic) bond motifs is 2. The summed E-state index contributed by atoms with van der Waals surface area (Å²) in [6.07, 6.45) is 1.22. The maximum Gasteiger partial charge on any atom is 0.329 e. The molecule has 5 heteroatoms. The number of thioether (sulfide) groups is 1. The first kappa shape index (κ1) is 20.6. The molecule has 0 aliphatic carbocycles. The van der Waals surface area contributed by atoms with Crippen LogP contribution in [0.4, 0.5) is 0 Å². The Balaban J connectivity index is 1.74. The van der Waals surface area contributed by atoms with E-state index in [1.165, 1.54) is 23.4 Å². The molecule has 3 aromatic carbocycles. The molecule has 1 aromatic heterocycles. The van der Waals surface area contributed by atoms with E-state index in [9.17, 15) is 9.59 Å². The molecule has 4 aromatic rings. The van der Waals surface area contributed by atoms with Gasteiger partial charge in [-0.05, 0) is 40.3 Å². The quantitative estimate of drug-likeness (QED) is 0.394. The highest BCUT2D eigenvalue weighted by molar-refractivity contribution is 7.99. The van der Waals surface area contributed by atoms with Crippen molar-refractivity contribution in [2.24, 2.45) is 0 Å². The Morgan fingerprint density at radius 2 is 1.75 bits per heavy atom. The first-order valence-corrected chi connectivity index (χ1v) is 11.7. The fourth-order valence-corrected chi connectivity index (χ4v) is 5.83. The van der Waals surface area contributed by atoms with Crippen molar-refractivity contribution in [2.75, 3.05) is 12.9 Å². The summed E-state index contributed by atoms with van der Waals surface area (Å²) in [6.45, 7) is 0. The van der Waals surface area contributed by atoms with Crippen molar-refractivity contribution in [1.82, 2.24) is 4.57 Å². The summed E-state index contributed by atoms with van der Waals surface area (Å²) in [4.78, 5) is 25.8. The maximum atomic E-state index is 13.3. The van der Waals surface area contributed by atoms with Crippen molar-refractivity contribution in [3.05, 3.63) is 100 Å². The van der Waals surface area contributed by atoms with Crippen LogP contribution >= 0.6 is 11.8 Å². The Kier molecular flexibility index (Phi) is 5.58. The molecule has 5 rings (SSSR count). The normalized spacial score (nSPS) is 15.3. The van der Waals surface area contributed by atoms with Crippen LogP contribution in [0.25, 0.3) is 21.9 Å². The summed E-state index contributed by atoms with van der Waals surface area (Å²) in [5.74, 6) is 0.394. The molecule has 2 heterocycles. The maximum absolute atomic E-state index is 13.3. The highest BCUT2D eigenvalue weighted by Gasteiger charge is 2.31. The summed E-state index contributed by atoms with van der Waals surface area (Å²) in [7, 11) is 1.38. The molecule has 1 aliphatic heterocycles. The summed E-state index contributed by atoms with van der Waals surface area (Å²) in [5.41, 5.74) is 4.07. The van der Waals surface area contributed by atoms with Crippen molar-refractivity contribution in [1.29, 1.82) is 0 Å². The lowest BCUT2D eigenvalue weighted by molar-refractivity contribution is -0.145. The zero-order chi connectivity index (χ0) is 22.1. The topological polar surface area (TPSA) is 48.3 Å². The van der Waals surface area contributed by atoms with Crippen LogP contribution in [-0.4, -0.2) is 23.4 Å². The fraction of sp³-hybridized carbons (Fsp3) is 0.185. The first-order chi connectivity index (χ1) is 15.7. The van der Waals surface area contributed by atoms with Gasteiger partial charge in [0.25, 0.3) is 5.56 Å². The number of methoxy groups -OCH3 is 1. The minimum absolute atomic E-state index is 0.155. The van der Waals surface area contributed by atoms with Crippen LogP contribution in [-0.2, 0) is 16.0 Å². The average Bonchev–Trinajstić information content (AvgIpc) is 2.84. The van der Waals surface area contributed by atoms with Gasteiger partial charge in [0.1, 0.15) is 6.04 Å². The largest absolute Gasteiger partial charge is 0.467 e. The van der Waals surface area contributed by atoms with Crippen molar-refractivity contribution < 1.29 is 9.53 Å². The Bertz CT molecular complexity index is 1360. The molecule has 0 saturated carbocycles. The van der Waals surface area contributed by atoms with Crippen molar-refractivity contribution >= 4 is 28.5 Å². The summed E-state index contributed by atoms with van der Waals surface area (Å²) >= 11 is 1.64. The number of rotatable bonds is 4. The Hall–Kier alpha value is -3.31. The minimum atomic E-state index is -0.585. The highest BCUT2D eigenvalue weighted by Crippen LogP contribution is 2.40. The molecule has 1 atom stereocenters. The fourth-order valence-electron chi connectivity index (χ4n) is 4.55. The van der Waals surface area contributed by atoms with E-state index in [0.29, 0.717) is 12.8 Å². The number of esters is 1. The van der Waals surface area contributed by atoms with Gasteiger partial charge in [0, 0.05) is 17.4 Å². The second-order valence-corrected chi connectivity index (χ2v) is 9.00. The van der Waals surface area contributed by atoms with Gasteiger partial charge in [0.15, 0.2) is 0 Å². The third-order valence-corrected chi connectivity index (χ3v) is 7.14. The van der Waals surface area contributed by atoms with Crippen LogP contribution in [0.3, 0.4) is 0 Å². The van der Waals surface area contributed by atoms with E-state index < -0.39 is 6.04 Å². The lowest BCUT2D eigenvalue weighted by atomic mass is 9.93. The number of nitrogens with zero attached hydrogens (tertiary/aromatic N) is 1. The minimum Gasteiger partial charge on any atom is -0.467 e.